The highest BCUT2D eigenvalue weighted by molar-refractivity contribution is 5.80. The van der Waals surface area contributed by atoms with Gasteiger partial charge in [-0.2, -0.15) is 5.10 Å². The van der Waals surface area contributed by atoms with Crippen molar-refractivity contribution in [1.82, 2.24) is 15.5 Å². The molecule has 0 aliphatic carbocycles. The van der Waals surface area contributed by atoms with Crippen molar-refractivity contribution in [1.29, 1.82) is 0 Å². The first kappa shape index (κ1) is 22.6. The van der Waals surface area contributed by atoms with E-state index in [1.54, 1.807) is 6.21 Å². The standard InChI is InChI=1S/C21H32N6O2/c1-5-27(6-2)21-12-11-20(25-26-21)24-23-13-17-7-9-19(10-8-17)29-15-18(28)14-22-16(3)4/h7-13,16,18,22,28H,5-6,14-15H2,1-4H3,(H,24,25)/b23-13+. The van der Waals surface area contributed by atoms with Crippen LogP contribution in [0.4, 0.5) is 11.6 Å². The van der Waals surface area contributed by atoms with Crippen molar-refractivity contribution in [2.45, 2.75) is 39.8 Å². The largest absolute Gasteiger partial charge is 0.491 e. The number of anilines is 2. The zero-order valence-corrected chi connectivity index (χ0v) is 17.7. The molecule has 8 nitrogen and oxygen atoms in total. The van der Waals surface area contributed by atoms with Crippen LogP contribution in [0.3, 0.4) is 0 Å². The van der Waals surface area contributed by atoms with Crippen LogP contribution in [0.25, 0.3) is 0 Å². The first-order valence-electron chi connectivity index (χ1n) is 10.0. The average molecular weight is 401 g/mol. The maximum atomic E-state index is 9.88. The van der Waals surface area contributed by atoms with Gasteiger partial charge in [0.2, 0.25) is 0 Å². The topological polar surface area (TPSA) is 94.9 Å². The Morgan fingerprint density at radius 3 is 2.41 bits per heavy atom. The van der Waals surface area contributed by atoms with E-state index in [1.165, 1.54) is 0 Å². The van der Waals surface area contributed by atoms with Crippen molar-refractivity contribution in [3.05, 3.63) is 42.0 Å². The Balaban J connectivity index is 1.79. The molecular formula is C21H32N6O2. The highest BCUT2D eigenvalue weighted by Crippen LogP contribution is 2.13. The molecule has 158 valence electrons. The van der Waals surface area contributed by atoms with E-state index in [0.29, 0.717) is 24.2 Å². The summed E-state index contributed by atoms with van der Waals surface area (Å²) in [7, 11) is 0. The summed E-state index contributed by atoms with van der Waals surface area (Å²) < 4.78 is 5.61. The van der Waals surface area contributed by atoms with Gasteiger partial charge >= 0.3 is 0 Å². The Morgan fingerprint density at radius 2 is 1.83 bits per heavy atom. The van der Waals surface area contributed by atoms with Gasteiger partial charge < -0.3 is 20.1 Å². The minimum atomic E-state index is -0.544. The lowest BCUT2D eigenvalue weighted by Crippen LogP contribution is -2.35. The molecule has 8 heteroatoms. The van der Waals surface area contributed by atoms with E-state index >= 15 is 0 Å². The molecule has 29 heavy (non-hydrogen) atoms. The highest BCUT2D eigenvalue weighted by Gasteiger charge is 2.06. The molecule has 0 aliphatic rings. The summed E-state index contributed by atoms with van der Waals surface area (Å²) in [5.41, 5.74) is 3.80. The van der Waals surface area contributed by atoms with Crippen LogP contribution in [0.15, 0.2) is 41.5 Å². The first-order valence-corrected chi connectivity index (χ1v) is 10.0. The third-order valence-corrected chi connectivity index (χ3v) is 4.21. The third-order valence-electron chi connectivity index (χ3n) is 4.21. The second kappa shape index (κ2) is 12.0. The number of aromatic nitrogens is 2. The number of hydrogen-bond acceptors (Lipinski definition) is 8. The smallest absolute Gasteiger partial charge is 0.168 e. The summed E-state index contributed by atoms with van der Waals surface area (Å²) >= 11 is 0. The number of benzene rings is 1. The Kier molecular flexibility index (Phi) is 9.33. The lowest BCUT2D eigenvalue weighted by atomic mass is 10.2. The molecule has 1 aromatic heterocycles. The van der Waals surface area contributed by atoms with Crippen LogP contribution in [0, 0.1) is 0 Å². The Hall–Kier alpha value is -2.71. The molecule has 1 atom stereocenters. The Bertz CT molecular complexity index is 730. The molecule has 0 aliphatic heterocycles. The summed E-state index contributed by atoms with van der Waals surface area (Å²) in [6, 6.07) is 11.6. The van der Waals surface area contributed by atoms with Gasteiger partial charge in [0.15, 0.2) is 11.6 Å². The summed E-state index contributed by atoms with van der Waals surface area (Å²) in [6.07, 6.45) is 1.16. The highest BCUT2D eigenvalue weighted by atomic mass is 16.5. The van der Waals surface area contributed by atoms with Gasteiger partial charge in [0.1, 0.15) is 18.5 Å². The van der Waals surface area contributed by atoms with Crippen LogP contribution < -0.4 is 20.4 Å². The zero-order chi connectivity index (χ0) is 21.1. The van der Waals surface area contributed by atoms with E-state index in [2.05, 4.69) is 44.8 Å². The average Bonchev–Trinajstić information content (AvgIpc) is 2.73. The molecule has 2 aromatic rings. The van der Waals surface area contributed by atoms with E-state index in [4.69, 9.17) is 4.74 Å². The maximum Gasteiger partial charge on any atom is 0.168 e. The minimum Gasteiger partial charge on any atom is -0.491 e. The quantitative estimate of drug-likeness (QED) is 0.372. The molecule has 0 saturated carbocycles. The maximum absolute atomic E-state index is 9.88. The van der Waals surface area contributed by atoms with E-state index < -0.39 is 6.10 Å². The fourth-order valence-electron chi connectivity index (χ4n) is 2.55. The predicted molar refractivity (Wildman–Crippen MR) is 118 cm³/mol. The van der Waals surface area contributed by atoms with E-state index in [1.807, 2.05) is 50.2 Å². The summed E-state index contributed by atoms with van der Waals surface area (Å²) in [5, 5.41) is 25.6. The van der Waals surface area contributed by atoms with Crippen molar-refractivity contribution in [3.63, 3.8) is 0 Å². The lowest BCUT2D eigenvalue weighted by Gasteiger charge is -2.18. The van der Waals surface area contributed by atoms with Crippen molar-refractivity contribution in [2.24, 2.45) is 5.10 Å². The van der Waals surface area contributed by atoms with Crippen molar-refractivity contribution >= 4 is 17.9 Å². The molecule has 1 heterocycles. The van der Waals surface area contributed by atoms with Crippen molar-refractivity contribution < 1.29 is 9.84 Å². The Morgan fingerprint density at radius 1 is 1.10 bits per heavy atom. The zero-order valence-electron chi connectivity index (χ0n) is 17.7. The van der Waals surface area contributed by atoms with Gasteiger partial charge in [0.05, 0.1) is 6.21 Å². The molecule has 0 saturated heterocycles. The van der Waals surface area contributed by atoms with Crippen LogP contribution in [0.1, 0.15) is 33.3 Å². The monoisotopic (exact) mass is 400 g/mol. The number of nitrogens with one attached hydrogen (secondary N) is 2. The van der Waals surface area contributed by atoms with Gasteiger partial charge in [-0.05, 0) is 55.8 Å². The molecule has 3 N–H and O–H groups in total. The molecule has 0 amide bonds. The van der Waals surface area contributed by atoms with Crippen LogP contribution in [-0.2, 0) is 0 Å². The second-order valence-corrected chi connectivity index (χ2v) is 6.92. The summed E-state index contributed by atoms with van der Waals surface area (Å²) in [6.45, 7) is 10.8. The molecule has 0 fully saturated rings. The predicted octanol–water partition coefficient (Wildman–Crippen LogP) is 2.51. The van der Waals surface area contributed by atoms with Gasteiger partial charge in [0.25, 0.3) is 0 Å². The summed E-state index contributed by atoms with van der Waals surface area (Å²) in [4.78, 5) is 2.13. The van der Waals surface area contributed by atoms with Gasteiger partial charge in [-0.25, -0.2) is 0 Å². The van der Waals surface area contributed by atoms with E-state index in [9.17, 15) is 5.11 Å². The number of aliphatic hydroxyl groups is 1. The molecule has 2 rings (SSSR count). The fourth-order valence-corrected chi connectivity index (χ4v) is 2.55. The first-order chi connectivity index (χ1) is 14.0. The number of hydrogen-bond donors (Lipinski definition) is 3. The SMILES string of the molecule is CCN(CC)c1ccc(N/N=C/c2ccc(OCC(O)CNC(C)C)cc2)nn1. The molecule has 0 radical (unpaired) electrons. The summed E-state index contributed by atoms with van der Waals surface area (Å²) in [5.74, 6) is 2.14. The van der Waals surface area contributed by atoms with Crippen LogP contribution in [-0.4, -0.2) is 59.9 Å². The number of hydrazone groups is 1. The molecule has 0 bridgehead atoms. The molecule has 1 unspecified atom stereocenters. The minimum absolute atomic E-state index is 0.247. The molecule has 0 spiro atoms. The van der Waals surface area contributed by atoms with Crippen LogP contribution >= 0.6 is 0 Å². The Labute approximate surface area is 173 Å². The number of nitrogens with zero attached hydrogens (tertiary/aromatic N) is 4. The van der Waals surface area contributed by atoms with Crippen LogP contribution in [0.5, 0.6) is 5.75 Å². The van der Waals surface area contributed by atoms with Crippen molar-refractivity contribution in [2.75, 3.05) is 36.6 Å². The lowest BCUT2D eigenvalue weighted by molar-refractivity contribution is 0.104. The number of aliphatic hydroxyl groups excluding tert-OH is 1. The van der Waals surface area contributed by atoms with E-state index in [-0.39, 0.29) is 6.61 Å². The van der Waals surface area contributed by atoms with Gasteiger partial charge in [-0.1, -0.05) is 13.8 Å². The van der Waals surface area contributed by atoms with E-state index in [0.717, 1.165) is 24.5 Å². The molecule has 1 aromatic carbocycles. The van der Waals surface area contributed by atoms with Gasteiger partial charge in [-0.15, -0.1) is 10.2 Å². The normalized spacial score (nSPS) is 12.3. The van der Waals surface area contributed by atoms with Crippen LogP contribution in [0.2, 0.25) is 0 Å². The van der Waals surface area contributed by atoms with Gasteiger partial charge in [0, 0.05) is 25.7 Å². The van der Waals surface area contributed by atoms with Crippen molar-refractivity contribution in [3.8, 4) is 5.75 Å². The third kappa shape index (κ3) is 8.05. The number of ether oxygens (including phenoxy) is 1. The molecular weight excluding hydrogens is 368 g/mol. The second-order valence-electron chi connectivity index (χ2n) is 6.92. The fraction of sp³-hybridized carbons (Fsp3) is 0.476. The van der Waals surface area contributed by atoms with Gasteiger partial charge in [-0.3, -0.25) is 5.43 Å². The number of rotatable bonds is 12.